The summed E-state index contributed by atoms with van der Waals surface area (Å²) < 4.78 is 7.60. The molecule has 0 saturated heterocycles. The molecule has 3 heterocycles. The summed E-state index contributed by atoms with van der Waals surface area (Å²) in [6, 6.07) is 102. The topological polar surface area (TPSA) is 14.8 Å². The summed E-state index contributed by atoms with van der Waals surface area (Å²) in [6.07, 6.45) is 0. The summed E-state index contributed by atoms with van der Waals surface area (Å²) in [4.78, 5) is 0. The predicted octanol–water partition coefficient (Wildman–Crippen LogP) is 14.0. The number of fused-ring (bicyclic) bond motifs is 9. The van der Waals surface area contributed by atoms with Crippen LogP contribution in [0, 0.1) is 0 Å². The van der Waals surface area contributed by atoms with E-state index in [1.807, 2.05) is 0 Å². The zero-order chi connectivity index (χ0) is 46.2. The number of hydrogen-bond donors (Lipinski definition) is 0. The molecule has 70 heavy (non-hydrogen) atoms. The van der Waals surface area contributed by atoms with Crippen LogP contribution >= 0.6 is 0 Å². The van der Waals surface area contributed by atoms with Crippen LogP contribution in [-0.4, -0.2) is 21.8 Å². The van der Waals surface area contributed by atoms with Gasteiger partial charge in [0.05, 0.1) is 44.5 Å². The van der Waals surface area contributed by atoms with Gasteiger partial charge in [0.15, 0.2) is 8.07 Å². The Balaban J connectivity index is 1.17. The largest absolute Gasteiger partial charge is 0.309 e. The summed E-state index contributed by atoms with van der Waals surface area (Å²) in [5.41, 5.74) is 12.9. The fraction of sp³-hybridized carbons (Fsp3) is 0. The van der Waals surface area contributed by atoms with E-state index in [0.717, 1.165) is 28.1 Å². The molecule has 0 aliphatic heterocycles. The molecule has 0 aliphatic carbocycles. The second kappa shape index (κ2) is 16.1. The Hall–Kier alpha value is -8.96. The minimum absolute atomic E-state index is 1.11. The summed E-state index contributed by atoms with van der Waals surface area (Å²) in [6.45, 7) is 0. The normalized spacial score (nSPS) is 12.0. The van der Waals surface area contributed by atoms with Crippen molar-refractivity contribution in [2.24, 2.45) is 0 Å². The fourth-order valence-corrected chi connectivity index (χ4v) is 16.9. The first-order valence-electron chi connectivity index (χ1n) is 24.2. The molecule has 0 aliphatic rings. The van der Waals surface area contributed by atoms with Crippen LogP contribution in [0.15, 0.2) is 273 Å². The van der Waals surface area contributed by atoms with Gasteiger partial charge in [-0.1, -0.05) is 224 Å². The Labute approximate surface area is 407 Å². The summed E-state index contributed by atoms with van der Waals surface area (Å²) >= 11 is 0. The fourth-order valence-electron chi connectivity index (χ4n) is 12.0. The Kier molecular flexibility index (Phi) is 9.23. The number of benzene rings is 11. The van der Waals surface area contributed by atoms with Crippen molar-refractivity contribution in [1.29, 1.82) is 0 Å². The molecule has 0 unspecified atom stereocenters. The van der Waals surface area contributed by atoms with E-state index in [2.05, 4.69) is 287 Å². The molecule has 0 N–H and O–H groups in total. The van der Waals surface area contributed by atoms with E-state index in [4.69, 9.17) is 0 Å². The van der Waals surface area contributed by atoms with Crippen LogP contribution in [-0.2, 0) is 0 Å². The Morgan fingerprint density at radius 1 is 0.271 bits per heavy atom. The van der Waals surface area contributed by atoms with Crippen LogP contribution in [0.5, 0.6) is 0 Å². The minimum Gasteiger partial charge on any atom is -0.309 e. The quantitative estimate of drug-likeness (QED) is 0.107. The molecular weight excluding hydrogens is 863 g/mol. The van der Waals surface area contributed by atoms with Gasteiger partial charge in [-0.15, -0.1) is 0 Å². The zero-order valence-electron chi connectivity index (χ0n) is 38.3. The molecule has 0 bridgehead atoms. The number of rotatable bonds is 8. The molecule has 0 fully saturated rings. The van der Waals surface area contributed by atoms with Crippen LogP contribution in [0.25, 0.3) is 93.6 Å². The molecule has 0 amide bonds. The average Bonchev–Trinajstić information content (AvgIpc) is 4.08. The maximum atomic E-state index is 2.61. The standard InChI is InChI=1S/C66H45N3Si/c1-5-23-46(24-6-1)51-31-13-17-36-57(51)69-60-39-20-16-34-54(60)55-44-43-47(45-63(55)69)67-61-40-22-41-62(68-58-37-18-14-32-52(58)53-33-15-19-38-59(53)68)65(61)56-35-21-42-64(66(56)67)70(48-25-7-2-8-26-48,49-27-9-3-10-28-49)50-29-11-4-12-30-50/h1-45H. The molecule has 0 spiro atoms. The van der Waals surface area contributed by atoms with E-state index in [1.165, 1.54) is 86.3 Å². The van der Waals surface area contributed by atoms with Crippen LogP contribution in [0.2, 0.25) is 0 Å². The Bertz CT molecular complexity index is 4130. The second-order valence-electron chi connectivity index (χ2n) is 18.4. The maximum absolute atomic E-state index is 3.08. The highest BCUT2D eigenvalue weighted by atomic mass is 28.3. The smallest absolute Gasteiger partial charge is 0.181 e. The molecule has 4 heteroatoms. The third-order valence-corrected chi connectivity index (χ3v) is 19.6. The summed E-state index contributed by atoms with van der Waals surface area (Å²) in [7, 11) is -3.08. The molecular formula is C66H45N3Si. The maximum Gasteiger partial charge on any atom is 0.181 e. The third kappa shape index (κ3) is 5.87. The van der Waals surface area contributed by atoms with Gasteiger partial charge < -0.3 is 13.7 Å². The monoisotopic (exact) mass is 907 g/mol. The van der Waals surface area contributed by atoms with Gasteiger partial charge in [-0.3, -0.25) is 0 Å². The van der Waals surface area contributed by atoms with Crippen molar-refractivity contribution in [3.63, 3.8) is 0 Å². The number of aromatic nitrogens is 3. The highest BCUT2D eigenvalue weighted by molar-refractivity contribution is 7.20. The highest BCUT2D eigenvalue weighted by Crippen LogP contribution is 2.42. The lowest BCUT2D eigenvalue weighted by Crippen LogP contribution is -2.75. The van der Waals surface area contributed by atoms with Gasteiger partial charge in [0.25, 0.3) is 0 Å². The van der Waals surface area contributed by atoms with Crippen molar-refractivity contribution in [2.45, 2.75) is 0 Å². The van der Waals surface area contributed by atoms with E-state index < -0.39 is 8.07 Å². The molecule has 328 valence electrons. The first-order valence-corrected chi connectivity index (χ1v) is 26.2. The molecule has 14 rings (SSSR count). The zero-order valence-corrected chi connectivity index (χ0v) is 39.3. The van der Waals surface area contributed by atoms with Gasteiger partial charge in [-0.05, 0) is 74.8 Å². The number of para-hydroxylation sites is 5. The van der Waals surface area contributed by atoms with Crippen molar-refractivity contribution in [1.82, 2.24) is 13.7 Å². The minimum atomic E-state index is -3.08. The third-order valence-electron chi connectivity index (χ3n) is 14.8. The van der Waals surface area contributed by atoms with E-state index in [0.29, 0.717) is 0 Å². The van der Waals surface area contributed by atoms with Gasteiger partial charge in [0, 0.05) is 43.6 Å². The van der Waals surface area contributed by atoms with Crippen molar-refractivity contribution in [3.8, 4) is 28.2 Å². The first-order chi connectivity index (χ1) is 34.8. The lowest BCUT2D eigenvalue weighted by molar-refractivity contribution is 1.15. The van der Waals surface area contributed by atoms with Crippen molar-refractivity contribution in [3.05, 3.63) is 273 Å². The highest BCUT2D eigenvalue weighted by Gasteiger charge is 2.43. The van der Waals surface area contributed by atoms with Gasteiger partial charge in [0.2, 0.25) is 0 Å². The van der Waals surface area contributed by atoms with Gasteiger partial charge in [0.1, 0.15) is 0 Å². The lowest BCUT2D eigenvalue weighted by Gasteiger charge is -2.35. The number of nitrogens with zero attached hydrogens (tertiary/aromatic N) is 3. The molecule has 3 aromatic heterocycles. The molecule has 0 saturated carbocycles. The van der Waals surface area contributed by atoms with Gasteiger partial charge in [-0.25, -0.2) is 0 Å². The Morgan fingerprint density at radius 2 is 0.700 bits per heavy atom. The second-order valence-corrected chi connectivity index (χ2v) is 22.1. The van der Waals surface area contributed by atoms with Gasteiger partial charge >= 0.3 is 0 Å². The molecule has 0 atom stereocenters. The summed E-state index contributed by atoms with van der Waals surface area (Å²) in [5.74, 6) is 0. The van der Waals surface area contributed by atoms with Crippen molar-refractivity contribution >= 4 is 94.2 Å². The molecule has 11 aromatic carbocycles. The summed E-state index contributed by atoms with van der Waals surface area (Å²) in [5, 5.41) is 12.7. The van der Waals surface area contributed by atoms with Crippen LogP contribution < -0.4 is 20.7 Å². The van der Waals surface area contributed by atoms with Crippen molar-refractivity contribution in [2.75, 3.05) is 0 Å². The number of hydrogen-bond acceptors (Lipinski definition) is 0. The average molecular weight is 908 g/mol. The molecule has 0 radical (unpaired) electrons. The molecule has 14 aromatic rings. The van der Waals surface area contributed by atoms with E-state index in [1.54, 1.807) is 0 Å². The van der Waals surface area contributed by atoms with E-state index in [-0.39, 0.29) is 0 Å². The molecule has 3 nitrogen and oxygen atoms in total. The Morgan fingerprint density at radius 3 is 1.29 bits per heavy atom. The van der Waals surface area contributed by atoms with Crippen LogP contribution in [0.1, 0.15) is 0 Å². The van der Waals surface area contributed by atoms with Gasteiger partial charge in [-0.2, -0.15) is 0 Å². The van der Waals surface area contributed by atoms with Crippen LogP contribution in [0.4, 0.5) is 0 Å². The predicted molar refractivity (Wildman–Crippen MR) is 299 cm³/mol. The first kappa shape index (κ1) is 40.1. The lowest BCUT2D eigenvalue weighted by atomic mass is 10.0. The SMILES string of the molecule is c1ccc(-c2ccccc2-n2c3ccccc3c3ccc(-n4c5cccc(-n6c7ccccc7c7ccccc76)c5c5cccc([Si](c6ccccc6)(c6ccccc6)c6ccccc6)c54)cc32)cc1. The van der Waals surface area contributed by atoms with Crippen molar-refractivity contribution < 1.29 is 0 Å². The van der Waals surface area contributed by atoms with Crippen LogP contribution in [0.3, 0.4) is 0 Å². The van der Waals surface area contributed by atoms with E-state index in [9.17, 15) is 0 Å². The van der Waals surface area contributed by atoms with E-state index >= 15 is 0 Å².